The van der Waals surface area contributed by atoms with Gasteiger partial charge in [0.25, 0.3) is 0 Å². The van der Waals surface area contributed by atoms with Crippen molar-refractivity contribution in [3.8, 4) is 0 Å². The summed E-state index contributed by atoms with van der Waals surface area (Å²) >= 11 is 0. The molecule has 0 heterocycles. The molecule has 2 aromatic rings. The summed E-state index contributed by atoms with van der Waals surface area (Å²) in [5.74, 6) is -4.39. The molecule has 2 aromatic carbocycles. The first-order valence-corrected chi connectivity index (χ1v) is 7.52. The molecule has 2 rings (SSSR count). The van der Waals surface area contributed by atoms with E-state index in [0.717, 1.165) is 30.9 Å². The normalized spacial score (nSPS) is 10.4. The van der Waals surface area contributed by atoms with Crippen LogP contribution in [0.15, 0.2) is 36.4 Å². The van der Waals surface area contributed by atoms with E-state index in [1.54, 1.807) is 12.1 Å². The largest absolute Gasteiger partial charge is 0.372 e. The highest BCUT2D eigenvalue weighted by molar-refractivity contribution is 5.99. The molecule has 24 heavy (non-hydrogen) atoms. The molecule has 0 aliphatic carbocycles. The number of carbonyl (C=O) groups excluding carboxylic acids is 1. The van der Waals surface area contributed by atoms with Gasteiger partial charge in [0.1, 0.15) is 0 Å². The van der Waals surface area contributed by atoms with E-state index in [4.69, 9.17) is 0 Å². The van der Waals surface area contributed by atoms with Crippen molar-refractivity contribution in [3.63, 3.8) is 0 Å². The second-order valence-electron chi connectivity index (χ2n) is 5.02. The molecular weight excluding hydrogens is 319 g/mol. The van der Waals surface area contributed by atoms with E-state index in [9.17, 15) is 18.0 Å². The molecule has 0 spiro atoms. The van der Waals surface area contributed by atoms with Gasteiger partial charge in [0, 0.05) is 24.5 Å². The SMILES string of the molecule is CCN(CC)c1ccc(NC(=O)Nc2ccc(F)c(F)c2F)cc1. The van der Waals surface area contributed by atoms with Gasteiger partial charge in [0.2, 0.25) is 0 Å². The van der Waals surface area contributed by atoms with Gasteiger partial charge >= 0.3 is 6.03 Å². The van der Waals surface area contributed by atoms with E-state index in [1.807, 2.05) is 26.0 Å². The Morgan fingerprint density at radius 1 is 0.917 bits per heavy atom. The molecule has 0 aliphatic rings. The summed E-state index contributed by atoms with van der Waals surface area (Å²) in [6.45, 7) is 5.80. The van der Waals surface area contributed by atoms with E-state index in [2.05, 4.69) is 15.5 Å². The summed E-state index contributed by atoms with van der Waals surface area (Å²) in [6.07, 6.45) is 0. The van der Waals surface area contributed by atoms with Crippen LogP contribution in [0.4, 0.5) is 35.0 Å². The number of hydrogen-bond acceptors (Lipinski definition) is 2. The maximum absolute atomic E-state index is 13.5. The van der Waals surface area contributed by atoms with Crippen molar-refractivity contribution in [2.24, 2.45) is 0 Å². The first kappa shape index (κ1) is 17.7. The summed E-state index contributed by atoms with van der Waals surface area (Å²) in [6, 6.07) is 8.05. The predicted molar refractivity (Wildman–Crippen MR) is 89.0 cm³/mol. The maximum atomic E-state index is 13.5. The Balaban J connectivity index is 2.04. The summed E-state index contributed by atoms with van der Waals surface area (Å²) in [4.78, 5) is 14.0. The second-order valence-corrected chi connectivity index (χ2v) is 5.02. The predicted octanol–water partition coefficient (Wildman–Crippen LogP) is 4.59. The lowest BCUT2D eigenvalue weighted by Gasteiger charge is -2.21. The van der Waals surface area contributed by atoms with Crippen LogP contribution in [0.2, 0.25) is 0 Å². The molecule has 0 aliphatic heterocycles. The number of hydrogen-bond donors (Lipinski definition) is 2. The number of nitrogens with one attached hydrogen (secondary N) is 2. The van der Waals surface area contributed by atoms with Gasteiger partial charge in [-0.1, -0.05) is 0 Å². The van der Waals surface area contributed by atoms with Crippen molar-refractivity contribution in [3.05, 3.63) is 53.8 Å². The molecular formula is C17H18F3N3O. The van der Waals surface area contributed by atoms with Crippen LogP contribution < -0.4 is 15.5 Å². The van der Waals surface area contributed by atoms with Crippen LogP contribution in [0.1, 0.15) is 13.8 Å². The van der Waals surface area contributed by atoms with Crippen LogP contribution in [0.3, 0.4) is 0 Å². The molecule has 0 saturated heterocycles. The third-order valence-electron chi connectivity index (χ3n) is 3.54. The lowest BCUT2D eigenvalue weighted by molar-refractivity contribution is 0.262. The molecule has 0 fully saturated rings. The van der Waals surface area contributed by atoms with E-state index >= 15 is 0 Å². The molecule has 0 atom stereocenters. The summed E-state index contributed by atoms with van der Waals surface area (Å²) < 4.78 is 39.5. The first-order valence-electron chi connectivity index (χ1n) is 7.52. The number of nitrogens with zero attached hydrogens (tertiary/aromatic N) is 1. The van der Waals surface area contributed by atoms with Crippen LogP contribution in [0.25, 0.3) is 0 Å². The van der Waals surface area contributed by atoms with Gasteiger partial charge in [-0.2, -0.15) is 0 Å². The fraction of sp³-hybridized carbons (Fsp3) is 0.235. The van der Waals surface area contributed by atoms with E-state index < -0.39 is 29.2 Å². The minimum Gasteiger partial charge on any atom is -0.372 e. The quantitative estimate of drug-likeness (QED) is 0.784. The second kappa shape index (κ2) is 7.72. The third-order valence-corrected chi connectivity index (χ3v) is 3.54. The van der Waals surface area contributed by atoms with Crippen molar-refractivity contribution < 1.29 is 18.0 Å². The molecule has 128 valence electrons. The zero-order valence-corrected chi connectivity index (χ0v) is 13.4. The number of anilines is 3. The van der Waals surface area contributed by atoms with Gasteiger partial charge in [-0.15, -0.1) is 0 Å². The number of amides is 2. The highest BCUT2D eigenvalue weighted by Crippen LogP contribution is 2.21. The third kappa shape index (κ3) is 3.98. The zero-order valence-electron chi connectivity index (χ0n) is 13.4. The smallest absolute Gasteiger partial charge is 0.323 e. The average Bonchev–Trinajstić information content (AvgIpc) is 2.58. The number of carbonyl (C=O) groups is 1. The number of benzene rings is 2. The first-order chi connectivity index (χ1) is 11.5. The Morgan fingerprint density at radius 2 is 1.54 bits per heavy atom. The van der Waals surface area contributed by atoms with Crippen molar-refractivity contribution in [1.82, 2.24) is 0 Å². The molecule has 0 radical (unpaired) electrons. The highest BCUT2D eigenvalue weighted by Gasteiger charge is 2.15. The van der Waals surface area contributed by atoms with Gasteiger partial charge in [-0.05, 0) is 50.2 Å². The lowest BCUT2D eigenvalue weighted by Crippen LogP contribution is -2.22. The minimum absolute atomic E-state index is 0.439. The molecule has 0 unspecified atom stereocenters. The van der Waals surface area contributed by atoms with Gasteiger partial charge in [-0.25, -0.2) is 18.0 Å². The monoisotopic (exact) mass is 337 g/mol. The molecule has 0 saturated carbocycles. The number of halogens is 3. The Kier molecular flexibility index (Phi) is 5.68. The van der Waals surface area contributed by atoms with Crippen molar-refractivity contribution >= 4 is 23.1 Å². The van der Waals surface area contributed by atoms with Crippen molar-refractivity contribution in [1.29, 1.82) is 0 Å². The van der Waals surface area contributed by atoms with Crippen molar-refractivity contribution in [2.45, 2.75) is 13.8 Å². The Morgan fingerprint density at radius 3 is 2.12 bits per heavy atom. The number of rotatable bonds is 5. The van der Waals surface area contributed by atoms with Gasteiger partial charge < -0.3 is 15.5 Å². The fourth-order valence-corrected chi connectivity index (χ4v) is 2.25. The standard InChI is InChI=1S/C17H18F3N3O/c1-3-23(4-2)12-7-5-11(6-8-12)21-17(24)22-14-10-9-13(18)15(19)16(14)20/h5-10H,3-4H2,1-2H3,(H2,21,22,24). The van der Waals surface area contributed by atoms with E-state index in [0.29, 0.717) is 5.69 Å². The van der Waals surface area contributed by atoms with Gasteiger partial charge in [0.15, 0.2) is 17.5 Å². The average molecular weight is 337 g/mol. The van der Waals surface area contributed by atoms with E-state index in [1.165, 1.54) is 0 Å². The summed E-state index contributed by atoms with van der Waals surface area (Å²) in [5.41, 5.74) is 1.06. The maximum Gasteiger partial charge on any atom is 0.323 e. The summed E-state index contributed by atoms with van der Waals surface area (Å²) in [5, 5.41) is 4.65. The summed E-state index contributed by atoms with van der Waals surface area (Å²) in [7, 11) is 0. The molecule has 7 heteroatoms. The molecule has 4 nitrogen and oxygen atoms in total. The molecule has 0 aromatic heterocycles. The Labute approximate surface area is 138 Å². The molecule has 2 amide bonds. The molecule has 2 N–H and O–H groups in total. The Hall–Kier alpha value is -2.70. The number of urea groups is 1. The lowest BCUT2D eigenvalue weighted by atomic mass is 10.2. The van der Waals surface area contributed by atoms with Crippen molar-refractivity contribution in [2.75, 3.05) is 28.6 Å². The van der Waals surface area contributed by atoms with E-state index in [-0.39, 0.29) is 0 Å². The fourth-order valence-electron chi connectivity index (χ4n) is 2.25. The minimum atomic E-state index is -1.63. The topological polar surface area (TPSA) is 44.4 Å². The van der Waals surface area contributed by atoms with Crippen LogP contribution in [-0.2, 0) is 0 Å². The van der Waals surface area contributed by atoms with Crippen LogP contribution in [0, 0.1) is 17.5 Å². The van der Waals surface area contributed by atoms with Crippen LogP contribution in [-0.4, -0.2) is 19.1 Å². The van der Waals surface area contributed by atoms with Crippen LogP contribution >= 0.6 is 0 Å². The van der Waals surface area contributed by atoms with Gasteiger partial charge in [-0.3, -0.25) is 0 Å². The van der Waals surface area contributed by atoms with Crippen LogP contribution in [0.5, 0.6) is 0 Å². The zero-order chi connectivity index (χ0) is 17.7. The highest BCUT2D eigenvalue weighted by atomic mass is 19.2. The Bertz CT molecular complexity index is 716. The van der Waals surface area contributed by atoms with Gasteiger partial charge in [0.05, 0.1) is 5.69 Å². The molecule has 0 bridgehead atoms.